The summed E-state index contributed by atoms with van der Waals surface area (Å²) in [5.74, 6) is 0.244. The first-order valence-electron chi connectivity index (χ1n) is 6.09. The maximum Gasteiger partial charge on any atom is 0.227 e. The number of hydrogen-bond acceptors (Lipinski definition) is 2. The summed E-state index contributed by atoms with van der Waals surface area (Å²) in [6.07, 6.45) is 1.79. The number of rotatable bonds is 2. The number of para-hydroxylation sites is 1. The van der Waals surface area contributed by atoms with Crippen LogP contribution in [0.2, 0.25) is 0 Å². The summed E-state index contributed by atoms with van der Waals surface area (Å²) in [4.78, 5) is 25.8. The molecule has 1 atom stereocenters. The molecule has 1 heterocycles. The van der Waals surface area contributed by atoms with Crippen molar-refractivity contribution in [2.75, 3.05) is 4.90 Å². The lowest BCUT2D eigenvalue weighted by atomic mass is 9.95. The van der Waals surface area contributed by atoms with Gasteiger partial charge in [-0.3, -0.25) is 9.59 Å². The fourth-order valence-electron chi connectivity index (χ4n) is 2.34. The average Bonchev–Trinajstić information content (AvgIpc) is 2.29. The molecule has 0 aromatic heterocycles. The Labute approximate surface area is 101 Å². The molecule has 90 valence electrons. The maximum atomic E-state index is 12.1. The number of fused-ring (bicyclic) bond motifs is 1. The van der Waals surface area contributed by atoms with Gasteiger partial charge in [-0.2, -0.15) is 0 Å². The molecule has 1 unspecified atom stereocenters. The number of amides is 1. The Balaban J connectivity index is 2.42. The zero-order chi connectivity index (χ0) is 12.4. The molecule has 0 saturated heterocycles. The van der Waals surface area contributed by atoms with Crippen molar-refractivity contribution in [2.45, 2.75) is 39.2 Å². The largest absolute Gasteiger partial charge is 0.308 e. The molecule has 0 N–H and O–H groups in total. The minimum absolute atomic E-state index is 0.0311. The molecule has 0 radical (unpaired) electrons. The van der Waals surface area contributed by atoms with Crippen molar-refractivity contribution < 1.29 is 9.59 Å². The third-order valence-electron chi connectivity index (χ3n) is 3.12. The molecule has 3 nitrogen and oxygen atoms in total. The second-order valence-corrected chi connectivity index (χ2v) is 4.51. The number of carbonyl (C=O) groups excluding carboxylic acids is 2. The fourth-order valence-corrected chi connectivity index (χ4v) is 2.34. The number of hydrogen-bond donors (Lipinski definition) is 0. The molecule has 1 aliphatic rings. The zero-order valence-electron chi connectivity index (χ0n) is 10.3. The van der Waals surface area contributed by atoms with E-state index in [4.69, 9.17) is 0 Å². The monoisotopic (exact) mass is 231 g/mol. The number of nitrogens with zero attached hydrogens (tertiary/aromatic N) is 1. The highest BCUT2D eigenvalue weighted by Gasteiger charge is 2.31. The van der Waals surface area contributed by atoms with E-state index in [-0.39, 0.29) is 17.7 Å². The highest BCUT2D eigenvalue weighted by Crippen LogP contribution is 2.31. The molecular weight excluding hydrogens is 214 g/mol. The topological polar surface area (TPSA) is 37.4 Å². The summed E-state index contributed by atoms with van der Waals surface area (Å²) in [6, 6.07) is 7.34. The van der Waals surface area contributed by atoms with E-state index in [0.29, 0.717) is 18.4 Å². The number of carbonyl (C=O) groups is 2. The van der Waals surface area contributed by atoms with E-state index in [1.54, 1.807) is 11.0 Å². The van der Waals surface area contributed by atoms with E-state index in [2.05, 4.69) is 0 Å². The second kappa shape index (κ2) is 4.70. The first kappa shape index (κ1) is 11.8. The van der Waals surface area contributed by atoms with Crippen molar-refractivity contribution in [1.29, 1.82) is 0 Å². The van der Waals surface area contributed by atoms with E-state index < -0.39 is 0 Å². The minimum atomic E-state index is -0.0311. The van der Waals surface area contributed by atoms with Gasteiger partial charge in [0, 0.05) is 24.4 Å². The van der Waals surface area contributed by atoms with E-state index in [0.717, 1.165) is 12.1 Å². The maximum absolute atomic E-state index is 12.1. The predicted molar refractivity (Wildman–Crippen MR) is 67.2 cm³/mol. The molecular formula is C14H17NO2. The van der Waals surface area contributed by atoms with Crippen LogP contribution in [0.25, 0.3) is 0 Å². The van der Waals surface area contributed by atoms with Gasteiger partial charge < -0.3 is 4.90 Å². The van der Waals surface area contributed by atoms with Crippen LogP contribution in [0.3, 0.4) is 0 Å². The van der Waals surface area contributed by atoms with Crippen molar-refractivity contribution in [1.82, 2.24) is 0 Å². The lowest BCUT2D eigenvalue weighted by Crippen LogP contribution is -2.43. The standard InChI is InChI=1S/C14H17NO2/c1-3-6-14(17)15-10(2)9-13(16)11-7-4-5-8-12(11)15/h4-5,7-8,10H,3,6,9H2,1-2H3. The van der Waals surface area contributed by atoms with Crippen LogP contribution in [0, 0.1) is 0 Å². The Morgan fingerprint density at radius 2 is 2.12 bits per heavy atom. The van der Waals surface area contributed by atoms with Gasteiger partial charge in [0.15, 0.2) is 5.78 Å². The molecule has 0 bridgehead atoms. The van der Waals surface area contributed by atoms with Gasteiger partial charge in [0.2, 0.25) is 5.91 Å². The molecule has 0 spiro atoms. The predicted octanol–water partition coefficient (Wildman–Crippen LogP) is 2.79. The summed E-state index contributed by atoms with van der Waals surface area (Å²) < 4.78 is 0. The third kappa shape index (κ3) is 2.09. The molecule has 17 heavy (non-hydrogen) atoms. The molecule has 1 aliphatic heterocycles. The summed E-state index contributed by atoms with van der Waals surface area (Å²) in [5.41, 5.74) is 1.45. The van der Waals surface area contributed by atoms with Crippen LogP contribution in [0.5, 0.6) is 0 Å². The van der Waals surface area contributed by atoms with Crippen molar-refractivity contribution in [3.63, 3.8) is 0 Å². The quantitative estimate of drug-likeness (QED) is 0.784. The van der Waals surface area contributed by atoms with E-state index in [1.165, 1.54) is 0 Å². The third-order valence-corrected chi connectivity index (χ3v) is 3.12. The van der Waals surface area contributed by atoms with E-state index >= 15 is 0 Å². The van der Waals surface area contributed by atoms with Crippen LogP contribution in [-0.4, -0.2) is 17.7 Å². The summed E-state index contributed by atoms with van der Waals surface area (Å²) in [7, 11) is 0. The molecule has 1 amide bonds. The fraction of sp³-hybridized carbons (Fsp3) is 0.429. The van der Waals surface area contributed by atoms with Gasteiger partial charge in [-0.15, -0.1) is 0 Å². The van der Waals surface area contributed by atoms with Crippen molar-refractivity contribution in [3.8, 4) is 0 Å². The van der Waals surface area contributed by atoms with Gasteiger partial charge in [-0.1, -0.05) is 19.1 Å². The first-order chi connectivity index (χ1) is 8.15. The summed E-state index contributed by atoms with van der Waals surface area (Å²) >= 11 is 0. The molecule has 2 rings (SSSR count). The van der Waals surface area contributed by atoms with Crippen LogP contribution in [0.4, 0.5) is 5.69 Å². The molecule has 1 aromatic rings. The molecule has 0 fully saturated rings. The highest BCUT2D eigenvalue weighted by atomic mass is 16.2. The molecule has 0 saturated carbocycles. The minimum Gasteiger partial charge on any atom is -0.308 e. The Morgan fingerprint density at radius 1 is 1.41 bits per heavy atom. The van der Waals surface area contributed by atoms with E-state index in [1.807, 2.05) is 32.0 Å². The number of ketones is 1. The van der Waals surface area contributed by atoms with Crippen molar-refractivity contribution >= 4 is 17.4 Å². The van der Waals surface area contributed by atoms with Crippen LogP contribution in [0.15, 0.2) is 24.3 Å². The van der Waals surface area contributed by atoms with Crippen molar-refractivity contribution in [3.05, 3.63) is 29.8 Å². The smallest absolute Gasteiger partial charge is 0.227 e. The molecule has 3 heteroatoms. The average molecular weight is 231 g/mol. The summed E-state index contributed by atoms with van der Waals surface area (Å²) in [5, 5.41) is 0. The lowest BCUT2D eigenvalue weighted by molar-refractivity contribution is -0.119. The zero-order valence-corrected chi connectivity index (χ0v) is 10.3. The second-order valence-electron chi connectivity index (χ2n) is 4.51. The molecule has 1 aromatic carbocycles. The van der Waals surface area contributed by atoms with Crippen LogP contribution >= 0.6 is 0 Å². The summed E-state index contributed by atoms with van der Waals surface area (Å²) in [6.45, 7) is 3.92. The lowest BCUT2D eigenvalue weighted by Gasteiger charge is -2.34. The van der Waals surface area contributed by atoms with Crippen molar-refractivity contribution in [2.24, 2.45) is 0 Å². The van der Waals surface area contributed by atoms with Crippen LogP contribution < -0.4 is 4.90 Å². The highest BCUT2D eigenvalue weighted by molar-refractivity contribution is 6.09. The SMILES string of the molecule is CCCC(=O)N1c2ccccc2C(=O)CC1C. The van der Waals surface area contributed by atoms with Crippen LogP contribution in [0.1, 0.15) is 43.5 Å². The van der Waals surface area contributed by atoms with Gasteiger partial charge in [0.1, 0.15) is 0 Å². The number of benzene rings is 1. The van der Waals surface area contributed by atoms with Gasteiger partial charge in [-0.05, 0) is 25.5 Å². The Morgan fingerprint density at radius 3 is 2.82 bits per heavy atom. The number of Topliss-reactive ketones (excluding diaryl/α,β-unsaturated/α-hetero) is 1. The normalized spacial score (nSPS) is 19.1. The molecule has 0 aliphatic carbocycles. The Bertz CT molecular complexity index is 453. The van der Waals surface area contributed by atoms with Crippen LogP contribution in [-0.2, 0) is 4.79 Å². The van der Waals surface area contributed by atoms with E-state index in [9.17, 15) is 9.59 Å². The van der Waals surface area contributed by atoms with Gasteiger partial charge in [0.25, 0.3) is 0 Å². The van der Waals surface area contributed by atoms with Gasteiger partial charge in [0.05, 0.1) is 5.69 Å². The van der Waals surface area contributed by atoms with Gasteiger partial charge in [-0.25, -0.2) is 0 Å². The Hall–Kier alpha value is -1.64. The first-order valence-corrected chi connectivity index (χ1v) is 6.09. The Kier molecular flexibility index (Phi) is 3.27. The number of anilines is 1. The van der Waals surface area contributed by atoms with Gasteiger partial charge >= 0.3 is 0 Å².